The summed E-state index contributed by atoms with van der Waals surface area (Å²) in [7, 11) is 0. The minimum Gasteiger partial charge on any atom is -0.507 e. The summed E-state index contributed by atoms with van der Waals surface area (Å²) in [6.45, 7) is 0.1000. The zero-order valence-electron chi connectivity index (χ0n) is 8.14. The van der Waals surface area contributed by atoms with Crippen molar-refractivity contribution in [3.8, 4) is 17.2 Å². The number of phenols is 1. The lowest BCUT2D eigenvalue weighted by molar-refractivity contribution is 0.172. The van der Waals surface area contributed by atoms with Gasteiger partial charge in [0.15, 0.2) is 11.5 Å². The molecule has 2 rings (SSSR count). The Morgan fingerprint density at radius 1 is 1.40 bits per heavy atom. The van der Waals surface area contributed by atoms with Crippen molar-refractivity contribution in [2.75, 3.05) is 13.4 Å². The fraction of sp³-hybridized carbons (Fsp3) is 0.400. The zero-order chi connectivity index (χ0) is 10.8. The molecule has 0 fully saturated rings. The van der Waals surface area contributed by atoms with Gasteiger partial charge in [-0.3, -0.25) is 0 Å². The molecule has 1 unspecified atom stereocenters. The molecule has 1 aromatic carbocycles. The van der Waals surface area contributed by atoms with Crippen LogP contribution in [0, 0.1) is 0 Å². The first kappa shape index (κ1) is 10.1. The minimum atomic E-state index is -0.452. The van der Waals surface area contributed by atoms with Crippen LogP contribution in [0.2, 0.25) is 0 Å². The first-order valence-corrected chi connectivity index (χ1v) is 4.72. The maximum atomic E-state index is 9.67. The Labute approximate surface area is 87.0 Å². The second-order valence-corrected chi connectivity index (χ2v) is 3.35. The number of fused-ring (bicyclic) bond motifs is 1. The topological polar surface area (TPSA) is 84.9 Å². The van der Waals surface area contributed by atoms with Crippen molar-refractivity contribution in [1.29, 1.82) is 0 Å². The maximum Gasteiger partial charge on any atom is 0.231 e. The largest absolute Gasteiger partial charge is 0.507 e. The number of rotatable bonds is 3. The highest BCUT2D eigenvalue weighted by atomic mass is 16.7. The number of phenolic OH excluding ortho intramolecular Hbond substituents is 1. The van der Waals surface area contributed by atoms with Crippen LogP contribution in [0.5, 0.6) is 17.2 Å². The van der Waals surface area contributed by atoms with E-state index in [9.17, 15) is 5.11 Å². The molecule has 1 heterocycles. The third kappa shape index (κ3) is 1.71. The van der Waals surface area contributed by atoms with Crippen molar-refractivity contribution in [1.82, 2.24) is 0 Å². The van der Waals surface area contributed by atoms with E-state index in [0.717, 1.165) is 0 Å². The molecule has 4 N–H and O–H groups in total. The number of hydrogen-bond donors (Lipinski definition) is 3. The third-order valence-electron chi connectivity index (χ3n) is 2.37. The van der Waals surface area contributed by atoms with Gasteiger partial charge >= 0.3 is 0 Å². The number of aliphatic hydroxyl groups is 1. The number of nitrogens with two attached hydrogens (primary N) is 1. The van der Waals surface area contributed by atoms with Crippen molar-refractivity contribution in [3.63, 3.8) is 0 Å². The van der Waals surface area contributed by atoms with Gasteiger partial charge in [0.2, 0.25) is 6.79 Å². The van der Waals surface area contributed by atoms with Crippen molar-refractivity contribution in [3.05, 3.63) is 17.7 Å². The van der Waals surface area contributed by atoms with Gasteiger partial charge in [0, 0.05) is 12.6 Å². The predicted octanol–water partition coefficient (Wildman–Crippen LogP) is 0.503. The quantitative estimate of drug-likeness (QED) is 0.678. The summed E-state index contributed by atoms with van der Waals surface area (Å²) in [5, 5.41) is 18.5. The molecule has 0 aliphatic carbocycles. The lowest BCUT2D eigenvalue weighted by atomic mass is 10.0. The predicted molar refractivity (Wildman–Crippen MR) is 52.9 cm³/mol. The Kier molecular flexibility index (Phi) is 2.66. The summed E-state index contributed by atoms with van der Waals surface area (Å²) in [5.74, 6) is 1.13. The van der Waals surface area contributed by atoms with E-state index in [-0.39, 0.29) is 19.1 Å². The number of benzene rings is 1. The molecule has 15 heavy (non-hydrogen) atoms. The molecular weight excluding hydrogens is 198 g/mol. The highest BCUT2D eigenvalue weighted by Gasteiger charge is 2.24. The van der Waals surface area contributed by atoms with Gasteiger partial charge in [0.1, 0.15) is 5.75 Å². The van der Waals surface area contributed by atoms with Crippen LogP contribution in [0.25, 0.3) is 0 Å². The van der Waals surface area contributed by atoms with Gasteiger partial charge in [-0.15, -0.1) is 0 Å². The molecule has 1 aromatic rings. The smallest absolute Gasteiger partial charge is 0.231 e. The molecule has 1 aliphatic rings. The zero-order valence-corrected chi connectivity index (χ0v) is 8.14. The molecule has 0 spiro atoms. The second-order valence-electron chi connectivity index (χ2n) is 3.35. The van der Waals surface area contributed by atoms with Gasteiger partial charge in [-0.2, -0.15) is 0 Å². The number of aliphatic hydroxyl groups excluding tert-OH is 1. The lowest BCUT2D eigenvalue weighted by Crippen LogP contribution is -2.13. The van der Waals surface area contributed by atoms with Crippen LogP contribution in [-0.4, -0.2) is 23.6 Å². The summed E-state index contributed by atoms with van der Waals surface area (Å²) in [5.41, 5.74) is 6.32. The van der Waals surface area contributed by atoms with E-state index in [4.69, 9.17) is 20.3 Å². The summed E-state index contributed by atoms with van der Waals surface area (Å²) in [6, 6.07) is 2.69. The molecule has 0 saturated heterocycles. The fourth-order valence-electron chi connectivity index (χ4n) is 1.63. The van der Waals surface area contributed by atoms with Crippen LogP contribution in [0.15, 0.2) is 12.1 Å². The number of aromatic hydroxyl groups is 1. The Morgan fingerprint density at radius 3 is 2.93 bits per heavy atom. The van der Waals surface area contributed by atoms with E-state index in [1.807, 2.05) is 0 Å². The first-order valence-electron chi connectivity index (χ1n) is 4.72. The monoisotopic (exact) mass is 211 g/mol. The first-order chi connectivity index (χ1) is 7.24. The standard InChI is InChI=1S/C10H13NO4/c11-6(3-4-12)9-7(13)1-2-8-10(9)15-5-14-8/h1-2,6,12-13H,3-5,11H2. The average Bonchev–Trinajstić information content (AvgIpc) is 2.65. The molecule has 5 nitrogen and oxygen atoms in total. The molecule has 0 aromatic heterocycles. The lowest BCUT2D eigenvalue weighted by Gasteiger charge is -2.14. The van der Waals surface area contributed by atoms with E-state index < -0.39 is 6.04 Å². The maximum absolute atomic E-state index is 9.67. The van der Waals surface area contributed by atoms with Gasteiger partial charge in [-0.05, 0) is 18.6 Å². The van der Waals surface area contributed by atoms with Gasteiger partial charge < -0.3 is 25.4 Å². The van der Waals surface area contributed by atoms with E-state index in [0.29, 0.717) is 23.5 Å². The van der Waals surface area contributed by atoms with Gasteiger partial charge in [-0.1, -0.05) is 0 Å². The molecule has 82 valence electrons. The summed E-state index contributed by atoms with van der Waals surface area (Å²) >= 11 is 0. The fourth-order valence-corrected chi connectivity index (χ4v) is 1.63. The van der Waals surface area contributed by atoms with E-state index in [1.54, 1.807) is 6.07 Å². The van der Waals surface area contributed by atoms with Gasteiger partial charge in [-0.25, -0.2) is 0 Å². The molecule has 1 aliphatic heterocycles. The highest BCUT2D eigenvalue weighted by molar-refractivity contribution is 5.55. The molecule has 0 amide bonds. The Hall–Kier alpha value is -1.46. The van der Waals surface area contributed by atoms with Crippen molar-refractivity contribution < 1.29 is 19.7 Å². The Morgan fingerprint density at radius 2 is 2.20 bits per heavy atom. The molecular formula is C10H13NO4. The third-order valence-corrected chi connectivity index (χ3v) is 2.37. The van der Waals surface area contributed by atoms with Crippen molar-refractivity contribution in [2.24, 2.45) is 5.73 Å². The summed E-state index contributed by atoms with van der Waals surface area (Å²) < 4.78 is 10.4. The minimum absolute atomic E-state index is 0.0366. The molecule has 5 heteroatoms. The van der Waals surface area contributed by atoms with Crippen LogP contribution in [0.4, 0.5) is 0 Å². The Bertz CT molecular complexity index is 367. The van der Waals surface area contributed by atoms with Crippen LogP contribution in [0.1, 0.15) is 18.0 Å². The number of hydrogen-bond acceptors (Lipinski definition) is 5. The van der Waals surface area contributed by atoms with E-state index >= 15 is 0 Å². The van der Waals surface area contributed by atoms with Crippen LogP contribution < -0.4 is 15.2 Å². The van der Waals surface area contributed by atoms with E-state index in [1.165, 1.54) is 6.07 Å². The normalized spacial score (nSPS) is 15.3. The van der Waals surface area contributed by atoms with Crippen LogP contribution in [0.3, 0.4) is 0 Å². The Balaban J connectivity index is 2.40. The van der Waals surface area contributed by atoms with Crippen LogP contribution in [-0.2, 0) is 0 Å². The second kappa shape index (κ2) is 3.96. The molecule has 0 bridgehead atoms. The molecule has 0 saturated carbocycles. The average molecular weight is 211 g/mol. The van der Waals surface area contributed by atoms with Gasteiger partial charge in [0.05, 0.1) is 5.56 Å². The molecule has 0 radical (unpaired) electrons. The molecule has 1 atom stereocenters. The summed E-state index contributed by atoms with van der Waals surface area (Å²) in [6.07, 6.45) is 0.368. The SMILES string of the molecule is NC(CCO)c1c(O)ccc2c1OCO2. The van der Waals surface area contributed by atoms with Gasteiger partial charge in [0.25, 0.3) is 0 Å². The highest BCUT2D eigenvalue weighted by Crippen LogP contribution is 2.43. The summed E-state index contributed by atoms with van der Waals surface area (Å²) in [4.78, 5) is 0. The van der Waals surface area contributed by atoms with Crippen LogP contribution >= 0.6 is 0 Å². The number of ether oxygens (including phenoxy) is 2. The van der Waals surface area contributed by atoms with E-state index in [2.05, 4.69) is 0 Å². The van der Waals surface area contributed by atoms with Crippen molar-refractivity contribution in [2.45, 2.75) is 12.5 Å². The van der Waals surface area contributed by atoms with Crippen molar-refractivity contribution >= 4 is 0 Å².